The molecule has 18 heavy (non-hydrogen) atoms. The molecule has 0 aromatic heterocycles. The molecule has 4 nitrogen and oxygen atoms in total. The van der Waals surface area contributed by atoms with Crippen molar-refractivity contribution in [1.29, 1.82) is 0 Å². The van der Waals surface area contributed by atoms with Gasteiger partial charge in [-0.1, -0.05) is 19.1 Å². The largest absolute Gasteiger partial charge is 0.396 e. The van der Waals surface area contributed by atoms with Gasteiger partial charge in [0, 0.05) is 18.6 Å². The van der Waals surface area contributed by atoms with Crippen LogP contribution < -0.4 is 4.89 Å². The highest BCUT2D eigenvalue weighted by Crippen LogP contribution is 2.39. The van der Waals surface area contributed by atoms with Gasteiger partial charge in [0.1, 0.15) is 0 Å². The maximum absolute atomic E-state index is 11.1. The van der Waals surface area contributed by atoms with Crippen LogP contribution in [0.5, 0.6) is 5.75 Å². The van der Waals surface area contributed by atoms with Crippen molar-refractivity contribution in [3.05, 3.63) is 29.3 Å². The number of hydrogen-bond donors (Lipinski definition) is 1. The minimum atomic E-state index is -0.377. The fourth-order valence-electron chi connectivity index (χ4n) is 2.39. The van der Waals surface area contributed by atoms with Gasteiger partial charge in [-0.15, -0.1) is 0 Å². The van der Waals surface area contributed by atoms with Gasteiger partial charge in [-0.25, -0.2) is 4.79 Å². The lowest BCUT2D eigenvalue weighted by Gasteiger charge is -2.11. The molecule has 0 bridgehead atoms. The second-order valence-electron chi connectivity index (χ2n) is 4.46. The minimum absolute atomic E-state index is 0.194. The first-order valence-electron chi connectivity index (χ1n) is 6.36. The summed E-state index contributed by atoms with van der Waals surface area (Å²) in [5, 5.41) is 9.03. The third-order valence-electron chi connectivity index (χ3n) is 3.34. The van der Waals surface area contributed by atoms with Crippen LogP contribution in [0.2, 0.25) is 0 Å². The molecule has 1 unspecified atom stereocenters. The van der Waals surface area contributed by atoms with Crippen LogP contribution in [0.25, 0.3) is 0 Å². The number of aliphatic hydroxyl groups excluding tert-OH is 1. The fraction of sp³-hybridized carbons (Fsp3) is 0.500. The van der Waals surface area contributed by atoms with Crippen molar-refractivity contribution in [2.24, 2.45) is 0 Å². The Hall–Kier alpha value is -1.55. The third kappa shape index (κ3) is 2.64. The van der Waals surface area contributed by atoms with Crippen molar-refractivity contribution in [3.63, 3.8) is 0 Å². The van der Waals surface area contributed by atoms with Crippen LogP contribution in [0, 0.1) is 0 Å². The zero-order chi connectivity index (χ0) is 13.0. The molecular weight excluding hydrogens is 232 g/mol. The molecule has 0 saturated carbocycles. The maximum Gasteiger partial charge on any atom is 0.355 e. The van der Waals surface area contributed by atoms with Gasteiger partial charge in [-0.2, -0.15) is 0 Å². The molecular formula is C14H18O4. The van der Waals surface area contributed by atoms with E-state index in [0.29, 0.717) is 18.1 Å². The van der Waals surface area contributed by atoms with Gasteiger partial charge < -0.3 is 5.11 Å². The van der Waals surface area contributed by atoms with E-state index in [0.717, 1.165) is 24.8 Å². The number of hydrogen-bond acceptors (Lipinski definition) is 4. The zero-order valence-electron chi connectivity index (χ0n) is 10.5. The molecule has 1 aliphatic rings. The zero-order valence-corrected chi connectivity index (χ0v) is 10.5. The van der Waals surface area contributed by atoms with E-state index in [-0.39, 0.29) is 12.6 Å². The highest BCUT2D eigenvalue weighted by Gasteiger charge is 2.25. The van der Waals surface area contributed by atoms with Crippen molar-refractivity contribution in [2.75, 3.05) is 6.61 Å². The Morgan fingerprint density at radius 3 is 3.06 bits per heavy atom. The fourth-order valence-corrected chi connectivity index (χ4v) is 2.39. The first-order valence-corrected chi connectivity index (χ1v) is 6.36. The Morgan fingerprint density at radius 1 is 1.50 bits per heavy atom. The van der Waals surface area contributed by atoms with E-state index in [1.807, 2.05) is 12.1 Å². The summed E-state index contributed by atoms with van der Waals surface area (Å²) in [5.74, 6) is 0.627. The molecule has 1 aliphatic carbocycles. The minimum Gasteiger partial charge on any atom is -0.396 e. The smallest absolute Gasteiger partial charge is 0.355 e. The first-order chi connectivity index (χ1) is 8.76. The van der Waals surface area contributed by atoms with Gasteiger partial charge >= 0.3 is 5.97 Å². The van der Waals surface area contributed by atoms with Crippen LogP contribution >= 0.6 is 0 Å². The van der Waals surface area contributed by atoms with Gasteiger partial charge in [0.25, 0.3) is 0 Å². The van der Waals surface area contributed by atoms with Crippen molar-refractivity contribution in [3.8, 4) is 5.75 Å². The number of benzene rings is 1. The predicted molar refractivity (Wildman–Crippen MR) is 66.2 cm³/mol. The molecule has 1 aromatic rings. The van der Waals surface area contributed by atoms with E-state index in [4.69, 9.17) is 14.9 Å². The Bertz CT molecular complexity index is 428. The van der Waals surface area contributed by atoms with Crippen molar-refractivity contribution < 1.29 is 19.7 Å². The second-order valence-corrected chi connectivity index (χ2v) is 4.46. The van der Waals surface area contributed by atoms with E-state index in [1.165, 1.54) is 5.56 Å². The topological polar surface area (TPSA) is 55.8 Å². The number of carbonyl (C=O) groups excluding carboxylic acids is 1. The Labute approximate surface area is 106 Å². The molecule has 1 N–H and O–H groups in total. The van der Waals surface area contributed by atoms with E-state index < -0.39 is 0 Å². The normalized spacial score (nSPS) is 17.3. The highest BCUT2D eigenvalue weighted by molar-refractivity contribution is 5.68. The average molecular weight is 250 g/mol. The summed E-state index contributed by atoms with van der Waals surface area (Å²) in [4.78, 5) is 20.9. The predicted octanol–water partition coefficient (Wildman–Crippen LogP) is 2.35. The van der Waals surface area contributed by atoms with Crippen LogP contribution in [-0.4, -0.2) is 17.7 Å². The summed E-state index contributed by atoms with van der Waals surface area (Å²) in [6.07, 6.45) is 2.98. The Morgan fingerprint density at radius 2 is 2.33 bits per heavy atom. The van der Waals surface area contributed by atoms with E-state index in [9.17, 15) is 4.79 Å². The SMILES string of the molecule is CCC(=O)OOc1cccc2c1CCC2CCO. The van der Waals surface area contributed by atoms with E-state index in [1.54, 1.807) is 6.92 Å². The summed E-state index contributed by atoms with van der Waals surface area (Å²) in [6, 6.07) is 5.75. The Kier molecular flexibility index (Phi) is 4.20. The molecule has 2 rings (SSSR count). The van der Waals surface area contributed by atoms with Crippen molar-refractivity contribution in [2.45, 2.75) is 38.5 Å². The molecule has 98 valence electrons. The quantitative estimate of drug-likeness (QED) is 0.643. The van der Waals surface area contributed by atoms with Crippen LogP contribution in [0.1, 0.15) is 43.2 Å². The van der Waals surface area contributed by atoms with Crippen molar-refractivity contribution >= 4 is 5.97 Å². The van der Waals surface area contributed by atoms with Crippen LogP contribution in [0.3, 0.4) is 0 Å². The molecule has 0 aliphatic heterocycles. The van der Waals surface area contributed by atoms with Gasteiger partial charge in [-0.3, -0.25) is 9.78 Å². The number of rotatable bonds is 5. The molecule has 1 atom stereocenters. The van der Waals surface area contributed by atoms with Gasteiger partial charge in [0.05, 0.1) is 0 Å². The maximum atomic E-state index is 11.1. The first kappa shape index (κ1) is 12.9. The summed E-state index contributed by atoms with van der Waals surface area (Å²) < 4.78 is 0. The van der Waals surface area contributed by atoms with Crippen LogP contribution in [0.4, 0.5) is 0 Å². The lowest BCUT2D eigenvalue weighted by molar-refractivity contribution is -0.213. The van der Waals surface area contributed by atoms with Crippen LogP contribution in [0.15, 0.2) is 18.2 Å². The summed E-state index contributed by atoms with van der Waals surface area (Å²) in [7, 11) is 0. The number of aliphatic hydroxyl groups is 1. The standard InChI is InChI=1S/C14H18O4/c1-2-14(16)18-17-13-5-3-4-11-10(8-9-15)6-7-12(11)13/h3-5,10,15H,2,6-9H2,1H3. The highest BCUT2D eigenvalue weighted by atomic mass is 17.2. The third-order valence-corrected chi connectivity index (χ3v) is 3.34. The van der Waals surface area contributed by atoms with E-state index >= 15 is 0 Å². The number of carbonyl (C=O) groups is 1. The second kappa shape index (κ2) is 5.87. The lowest BCUT2D eigenvalue weighted by atomic mass is 9.98. The average Bonchev–Trinajstić information content (AvgIpc) is 2.80. The monoisotopic (exact) mass is 250 g/mol. The summed E-state index contributed by atoms with van der Waals surface area (Å²) in [6.45, 7) is 1.92. The molecule has 0 radical (unpaired) electrons. The molecule has 0 heterocycles. The molecule has 4 heteroatoms. The van der Waals surface area contributed by atoms with Gasteiger partial charge in [0.15, 0.2) is 5.75 Å². The van der Waals surface area contributed by atoms with Crippen molar-refractivity contribution in [1.82, 2.24) is 0 Å². The molecule has 0 fully saturated rings. The van der Waals surface area contributed by atoms with Crippen LogP contribution in [-0.2, 0) is 16.1 Å². The van der Waals surface area contributed by atoms with E-state index in [2.05, 4.69) is 6.07 Å². The number of fused-ring (bicyclic) bond motifs is 1. The molecule has 0 saturated heterocycles. The molecule has 1 aromatic carbocycles. The lowest BCUT2D eigenvalue weighted by Crippen LogP contribution is -2.07. The Balaban J connectivity index is 2.12. The van der Waals surface area contributed by atoms with Gasteiger partial charge in [-0.05, 0) is 36.8 Å². The molecule has 0 spiro atoms. The summed E-state index contributed by atoms with van der Waals surface area (Å²) >= 11 is 0. The van der Waals surface area contributed by atoms with Gasteiger partial charge in [0.2, 0.25) is 0 Å². The molecule has 0 amide bonds. The summed E-state index contributed by atoms with van der Waals surface area (Å²) in [5.41, 5.74) is 2.30.